The Bertz CT molecular complexity index is 969. The van der Waals surface area contributed by atoms with E-state index in [-0.39, 0.29) is 11.6 Å². The largest absolute Gasteiger partial charge is 0.494 e. The molecule has 0 aliphatic carbocycles. The molecule has 29 heavy (non-hydrogen) atoms. The highest BCUT2D eigenvalue weighted by molar-refractivity contribution is 6.12. The number of hydrogen-bond acceptors (Lipinski definition) is 4. The zero-order valence-electron chi connectivity index (χ0n) is 17.0. The highest BCUT2D eigenvalue weighted by Gasteiger charge is 2.19. The number of pyridine rings is 1. The molecule has 2 aromatic carbocycles. The Kier molecular flexibility index (Phi) is 6.60. The number of ketones is 1. The quantitative estimate of drug-likeness (QED) is 0.484. The standard InChI is InChI=1S/C24H25FN2O2/c1-4-14-27(3)24-22(23(28)18-6-10-20(25)11-7-18)15-19(16-26-24)17-8-12-21(13-9-17)29-5-2/h6-13,15-16H,4-5,14H2,1-3H3. The van der Waals surface area contributed by atoms with E-state index < -0.39 is 0 Å². The fourth-order valence-electron chi connectivity index (χ4n) is 3.20. The number of anilines is 1. The third-order valence-electron chi connectivity index (χ3n) is 4.64. The molecule has 0 radical (unpaired) electrons. The summed E-state index contributed by atoms with van der Waals surface area (Å²) in [5, 5.41) is 0. The van der Waals surface area contributed by atoms with Gasteiger partial charge in [-0.1, -0.05) is 19.1 Å². The van der Waals surface area contributed by atoms with Crippen molar-refractivity contribution in [2.45, 2.75) is 20.3 Å². The molecule has 1 aromatic heterocycles. The molecule has 0 spiro atoms. The van der Waals surface area contributed by atoms with Gasteiger partial charge in [0.15, 0.2) is 5.78 Å². The van der Waals surface area contributed by atoms with Gasteiger partial charge in [-0.2, -0.15) is 0 Å². The summed E-state index contributed by atoms with van der Waals surface area (Å²) in [4.78, 5) is 19.8. The average Bonchev–Trinajstić information content (AvgIpc) is 2.74. The molecule has 5 heteroatoms. The van der Waals surface area contributed by atoms with E-state index in [2.05, 4.69) is 11.9 Å². The van der Waals surface area contributed by atoms with Crippen LogP contribution >= 0.6 is 0 Å². The lowest BCUT2D eigenvalue weighted by Gasteiger charge is -2.21. The molecule has 0 bridgehead atoms. The number of carbonyl (C=O) groups is 1. The van der Waals surface area contributed by atoms with Gasteiger partial charge in [-0.15, -0.1) is 0 Å². The van der Waals surface area contributed by atoms with Gasteiger partial charge in [-0.3, -0.25) is 4.79 Å². The molecular formula is C24H25FN2O2. The molecule has 0 N–H and O–H groups in total. The third-order valence-corrected chi connectivity index (χ3v) is 4.64. The van der Waals surface area contributed by atoms with Crippen molar-refractivity contribution in [3.63, 3.8) is 0 Å². The number of aromatic nitrogens is 1. The van der Waals surface area contributed by atoms with Crippen molar-refractivity contribution in [2.75, 3.05) is 25.1 Å². The van der Waals surface area contributed by atoms with Crippen molar-refractivity contribution in [1.82, 2.24) is 4.98 Å². The lowest BCUT2D eigenvalue weighted by Crippen LogP contribution is -2.22. The SMILES string of the molecule is CCCN(C)c1ncc(-c2ccc(OCC)cc2)cc1C(=O)c1ccc(F)cc1. The number of halogens is 1. The Morgan fingerprint density at radius 1 is 1.03 bits per heavy atom. The average molecular weight is 392 g/mol. The van der Waals surface area contributed by atoms with Crippen LogP contribution in [0.1, 0.15) is 36.2 Å². The van der Waals surface area contributed by atoms with Crippen LogP contribution in [0.15, 0.2) is 60.8 Å². The predicted molar refractivity (Wildman–Crippen MR) is 114 cm³/mol. The summed E-state index contributed by atoms with van der Waals surface area (Å²) in [6, 6.07) is 15.2. The molecular weight excluding hydrogens is 367 g/mol. The summed E-state index contributed by atoms with van der Waals surface area (Å²) in [6.07, 6.45) is 2.71. The zero-order chi connectivity index (χ0) is 20.8. The van der Waals surface area contributed by atoms with Crippen LogP contribution in [-0.4, -0.2) is 31.0 Å². The van der Waals surface area contributed by atoms with Gasteiger partial charge in [0.2, 0.25) is 0 Å². The van der Waals surface area contributed by atoms with Crippen LogP contribution in [0.4, 0.5) is 10.2 Å². The Morgan fingerprint density at radius 2 is 1.72 bits per heavy atom. The lowest BCUT2D eigenvalue weighted by atomic mass is 9.99. The maximum atomic E-state index is 13.3. The van der Waals surface area contributed by atoms with Crippen LogP contribution < -0.4 is 9.64 Å². The second kappa shape index (κ2) is 9.32. The molecule has 0 saturated heterocycles. The minimum absolute atomic E-state index is 0.178. The molecule has 150 valence electrons. The van der Waals surface area contributed by atoms with Gasteiger partial charge in [-0.25, -0.2) is 9.37 Å². The second-order valence-electron chi connectivity index (χ2n) is 6.81. The molecule has 0 aliphatic rings. The summed E-state index contributed by atoms with van der Waals surface area (Å²) in [5.41, 5.74) is 2.72. The monoisotopic (exact) mass is 392 g/mol. The Morgan fingerprint density at radius 3 is 2.34 bits per heavy atom. The minimum Gasteiger partial charge on any atom is -0.494 e. The van der Waals surface area contributed by atoms with E-state index in [0.717, 1.165) is 29.8 Å². The first-order valence-electron chi connectivity index (χ1n) is 9.78. The van der Waals surface area contributed by atoms with Crippen molar-refractivity contribution >= 4 is 11.6 Å². The first kappa shape index (κ1) is 20.5. The van der Waals surface area contributed by atoms with Crippen molar-refractivity contribution in [1.29, 1.82) is 0 Å². The van der Waals surface area contributed by atoms with Gasteiger partial charge in [-0.05, 0) is 61.4 Å². The summed E-state index contributed by atoms with van der Waals surface area (Å²) in [6.45, 7) is 5.40. The normalized spacial score (nSPS) is 10.6. The van der Waals surface area contributed by atoms with Gasteiger partial charge >= 0.3 is 0 Å². The third kappa shape index (κ3) is 4.80. The highest BCUT2D eigenvalue weighted by Crippen LogP contribution is 2.28. The molecule has 0 amide bonds. The molecule has 3 aromatic rings. The fraction of sp³-hybridized carbons (Fsp3) is 0.250. The van der Waals surface area contributed by atoms with Crippen LogP contribution in [0.3, 0.4) is 0 Å². The van der Waals surface area contributed by atoms with E-state index in [1.807, 2.05) is 49.2 Å². The molecule has 0 atom stereocenters. The van der Waals surface area contributed by atoms with Gasteiger partial charge < -0.3 is 9.64 Å². The van der Waals surface area contributed by atoms with Crippen molar-refractivity contribution in [3.8, 4) is 16.9 Å². The molecule has 4 nitrogen and oxygen atoms in total. The number of rotatable bonds is 8. The number of ether oxygens (including phenoxy) is 1. The van der Waals surface area contributed by atoms with E-state index in [9.17, 15) is 9.18 Å². The van der Waals surface area contributed by atoms with E-state index in [1.54, 1.807) is 6.20 Å². The number of benzene rings is 2. The van der Waals surface area contributed by atoms with E-state index in [0.29, 0.717) is 23.6 Å². The number of nitrogens with zero attached hydrogens (tertiary/aromatic N) is 2. The molecule has 0 fully saturated rings. The summed E-state index contributed by atoms with van der Waals surface area (Å²) >= 11 is 0. The molecule has 3 rings (SSSR count). The van der Waals surface area contributed by atoms with Crippen molar-refractivity contribution in [2.24, 2.45) is 0 Å². The molecule has 0 unspecified atom stereocenters. The van der Waals surface area contributed by atoms with Crippen molar-refractivity contribution < 1.29 is 13.9 Å². The number of carbonyl (C=O) groups excluding carboxylic acids is 1. The predicted octanol–water partition coefficient (Wildman–Crippen LogP) is 5.36. The Hall–Kier alpha value is -3.21. The summed E-state index contributed by atoms with van der Waals surface area (Å²) in [7, 11) is 1.92. The van der Waals surface area contributed by atoms with E-state index >= 15 is 0 Å². The zero-order valence-corrected chi connectivity index (χ0v) is 17.0. The van der Waals surface area contributed by atoms with E-state index in [1.165, 1.54) is 24.3 Å². The van der Waals surface area contributed by atoms with Crippen LogP contribution in [-0.2, 0) is 0 Å². The molecule has 0 aliphatic heterocycles. The van der Waals surface area contributed by atoms with Gasteiger partial charge in [0.1, 0.15) is 17.4 Å². The highest BCUT2D eigenvalue weighted by atomic mass is 19.1. The smallest absolute Gasteiger partial charge is 0.196 e. The van der Waals surface area contributed by atoms with Crippen LogP contribution in [0.25, 0.3) is 11.1 Å². The van der Waals surface area contributed by atoms with Crippen LogP contribution in [0.2, 0.25) is 0 Å². The van der Waals surface area contributed by atoms with Crippen LogP contribution in [0.5, 0.6) is 5.75 Å². The first-order valence-corrected chi connectivity index (χ1v) is 9.78. The van der Waals surface area contributed by atoms with Crippen molar-refractivity contribution in [3.05, 3.63) is 77.7 Å². The number of hydrogen-bond donors (Lipinski definition) is 0. The van der Waals surface area contributed by atoms with Crippen LogP contribution in [0, 0.1) is 5.82 Å². The second-order valence-corrected chi connectivity index (χ2v) is 6.81. The van der Waals surface area contributed by atoms with Gasteiger partial charge in [0, 0.05) is 30.9 Å². The first-order chi connectivity index (χ1) is 14.0. The lowest BCUT2D eigenvalue weighted by molar-refractivity contribution is 0.103. The Labute approximate surface area is 171 Å². The molecule has 0 saturated carbocycles. The maximum Gasteiger partial charge on any atom is 0.196 e. The summed E-state index contributed by atoms with van der Waals surface area (Å²) < 4.78 is 18.8. The summed E-state index contributed by atoms with van der Waals surface area (Å²) in [5.74, 6) is 0.872. The van der Waals surface area contributed by atoms with Gasteiger partial charge in [0.25, 0.3) is 0 Å². The Balaban J connectivity index is 2.03. The topological polar surface area (TPSA) is 42.4 Å². The van der Waals surface area contributed by atoms with Gasteiger partial charge in [0.05, 0.1) is 12.2 Å². The minimum atomic E-state index is -0.369. The fourth-order valence-corrected chi connectivity index (χ4v) is 3.20. The van der Waals surface area contributed by atoms with E-state index in [4.69, 9.17) is 4.74 Å². The maximum absolute atomic E-state index is 13.3. The molecule has 1 heterocycles.